The largest absolute Gasteiger partial charge is 0.364 e. The van der Waals surface area contributed by atoms with Gasteiger partial charge in [-0.3, -0.25) is 9.59 Å². The van der Waals surface area contributed by atoms with Gasteiger partial charge in [-0.15, -0.1) is 0 Å². The second kappa shape index (κ2) is 8.18. The Morgan fingerprint density at radius 1 is 1.03 bits per heavy atom. The number of benzene rings is 3. The Morgan fingerprint density at radius 2 is 1.85 bits per heavy atom. The van der Waals surface area contributed by atoms with Gasteiger partial charge in [0.25, 0.3) is 11.8 Å². The molecule has 0 saturated carbocycles. The number of anilines is 1. The van der Waals surface area contributed by atoms with Crippen molar-refractivity contribution in [3.8, 4) is 16.9 Å². The van der Waals surface area contributed by atoms with Gasteiger partial charge in [-0.05, 0) is 60.9 Å². The number of carbonyl (C=O) groups is 2. The van der Waals surface area contributed by atoms with E-state index < -0.39 is 11.7 Å². The highest BCUT2D eigenvalue weighted by molar-refractivity contribution is 6.34. The number of nitrogens with two attached hydrogens (primary N) is 1. The lowest BCUT2D eigenvalue weighted by Gasteiger charge is -2.20. The summed E-state index contributed by atoms with van der Waals surface area (Å²) in [5, 5.41) is 7.65. The summed E-state index contributed by atoms with van der Waals surface area (Å²) in [6, 6.07) is 18.3. The molecule has 8 heteroatoms. The van der Waals surface area contributed by atoms with Crippen LogP contribution in [0.25, 0.3) is 16.9 Å². The Balaban J connectivity index is 1.62. The number of amides is 2. The van der Waals surface area contributed by atoms with Crippen LogP contribution in [0.4, 0.5) is 10.1 Å². The van der Waals surface area contributed by atoms with Gasteiger partial charge in [-0.25, -0.2) is 9.07 Å². The number of nitrogens with one attached hydrogen (secondary N) is 1. The molecule has 0 saturated heterocycles. The summed E-state index contributed by atoms with van der Waals surface area (Å²) in [4.78, 5) is 24.9. The number of halogens is 2. The molecule has 1 heterocycles. The van der Waals surface area contributed by atoms with Gasteiger partial charge in [0, 0.05) is 16.8 Å². The summed E-state index contributed by atoms with van der Waals surface area (Å²) in [5.74, 6) is -1.41. The minimum atomic E-state index is -0.645. The molecule has 0 atom stereocenters. The SMILES string of the molecule is NC(=O)c1nn(-c2cccc(F)c2)c2c1CCc1ccc(NC(=O)c3ccccc3Cl)cc1-2. The Kier molecular flexibility index (Phi) is 5.18. The number of fused-ring (bicyclic) bond motifs is 3. The maximum Gasteiger partial charge on any atom is 0.269 e. The predicted octanol–water partition coefficient (Wildman–Crippen LogP) is 4.78. The first-order valence-electron chi connectivity index (χ1n) is 10.3. The number of aryl methyl sites for hydroxylation is 1. The lowest BCUT2D eigenvalue weighted by atomic mass is 9.88. The molecule has 0 aliphatic heterocycles. The van der Waals surface area contributed by atoms with Gasteiger partial charge in [-0.2, -0.15) is 5.10 Å². The third-order valence-electron chi connectivity index (χ3n) is 5.66. The van der Waals surface area contributed by atoms with E-state index in [1.807, 2.05) is 18.2 Å². The summed E-state index contributed by atoms with van der Waals surface area (Å²) in [6.45, 7) is 0. The van der Waals surface area contributed by atoms with Crippen LogP contribution in [0.3, 0.4) is 0 Å². The van der Waals surface area contributed by atoms with Gasteiger partial charge >= 0.3 is 0 Å². The third kappa shape index (κ3) is 3.76. The van der Waals surface area contributed by atoms with Crippen molar-refractivity contribution in [2.45, 2.75) is 12.8 Å². The Morgan fingerprint density at radius 3 is 2.61 bits per heavy atom. The van der Waals surface area contributed by atoms with Crippen LogP contribution in [-0.4, -0.2) is 21.6 Å². The highest BCUT2D eigenvalue weighted by Gasteiger charge is 2.28. The van der Waals surface area contributed by atoms with Gasteiger partial charge < -0.3 is 11.1 Å². The quantitative estimate of drug-likeness (QED) is 0.459. The lowest BCUT2D eigenvalue weighted by molar-refractivity contribution is 0.0992. The first-order valence-corrected chi connectivity index (χ1v) is 10.7. The fraction of sp³-hybridized carbons (Fsp3) is 0.0800. The van der Waals surface area contributed by atoms with Crippen molar-refractivity contribution in [3.63, 3.8) is 0 Å². The van der Waals surface area contributed by atoms with Gasteiger partial charge in [-0.1, -0.05) is 35.9 Å². The molecule has 0 spiro atoms. The van der Waals surface area contributed by atoms with E-state index in [0.29, 0.717) is 46.1 Å². The number of aromatic nitrogens is 2. The molecule has 2 amide bonds. The molecule has 33 heavy (non-hydrogen) atoms. The zero-order valence-corrected chi connectivity index (χ0v) is 18.1. The van der Waals surface area contributed by atoms with Crippen LogP contribution in [0.5, 0.6) is 0 Å². The summed E-state index contributed by atoms with van der Waals surface area (Å²) in [7, 11) is 0. The standard InChI is InChI=1S/C25H18ClFN4O2/c26-21-7-2-1-6-18(21)25(33)29-16-10-8-14-9-11-19-22(24(28)32)30-31(23(19)20(14)13-16)17-5-3-4-15(27)12-17/h1-8,10,12-13H,9,11H2,(H2,28,32)(H,29,33). The van der Waals surface area contributed by atoms with Crippen LogP contribution < -0.4 is 11.1 Å². The summed E-state index contributed by atoms with van der Waals surface area (Å²) < 4.78 is 15.5. The second-order valence-corrected chi connectivity index (χ2v) is 8.14. The van der Waals surface area contributed by atoms with E-state index in [4.69, 9.17) is 17.3 Å². The van der Waals surface area contributed by atoms with Crippen LogP contribution in [0, 0.1) is 5.82 Å². The number of nitrogens with zero attached hydrogens (tertiary/aromatic N) is 2. The van der Waals surface area contributed by atoms with Crippen LogP contribution in [0.2, 0.25) is 5.02 Å². The Bertz CT molecular complexity index is 1430. The highest BCUT2D eigenvalue weighted by Crippen LogP contribution is 2.38. The van der Waals surface area contributed by atoms with Crippen molar-refractivity contribution < 1.29 is 14.0 Å². The molecule has 5 rings (SSSR count). The summed E-state index contributed by atoms with van der Waals surface area (Å²) in [6.07, 6.45) is 1.25. The Labute approximate surface area is 193 Å². The van der Waals surface area contributed by atoms with Crippen molar-refractivity contribution >= 4 is 29.1 Å². The number of hydrogen-bond donors (Lipinski definition) is 2. The maximum absolute atomic E-state index is 14.0. The highest BCUT2D eigenvalue weighted by atomic mass is 35.5. The van der Waals surface area contributed by atoms with Gasteiger partial charge in [0.1, 0.15) is 5.82 Å². The second-order valence-electron chi connectivity index (χ2n) is 7.74. The van der Waals surface area contributed by atoms with Crippen LogP contribution in [0.1, 0.15) is 32.0 Å². The summed E-state index contributed by atoms with van der Waals surface area (Å²) in [5.41, 5.74) is 10.3. The van der Waals surface area contributed by atoms with Crippen LogP contribution in [-0.2, 0) is 12.8 Å². The van der Waals surface area contributed by atoms with E-state index in [1.165, 1.54) is 16.8 Å². The van der Waals surface area contributed by atoms with E-state index in [2.05, 4.69) is 10.4 Å². The zero-order chi connectivity index (χ0) is 23.1. The molecule has 1 aliphatic rings. The van der Waals surface area contributed by atoms with Crippen molar-refractivity contribution in [2.75, 3.05) is 5.32 Å². The molecule has 0 radical (unpaired) electrons. The number of hydrogen-bond acceptors (Lipinski definition) is 3. The van der Waals surface area contributed by atoms with E-state index in [0.717, 1.165) is 11.1 Å². The molecule has 1 aromatic heterocycles. The fourth-order valence-corrected chi connectivity index (χ4v) is 4.37. The molecule has 0 bridgehead atoms. The normalized spacial score (nSPS) is 12.1. The molecule has 3 aromatic carbocycles. The summed E-state index contributed by atoms with van der Waals surface area (Å²) >= 11 is 6.15. The van der Waals surface area contributed by atoms with Crippen molar-refractivity contribution in [2.24, 2.45) is 5.73 Å². The molecule has 3 N–H and O–H groups in total. The zero-order valence-electron chi connectivity index (χ0n) is 17.3. The van der Waals surface area contributed by atoms with Gasteiger partial charge in [0.05, 0.1) is 22.0 Å². The average molecular weight is 461 g/mol. The topological polar surface area (TPSA) is 90.0 Å². The minimum absolute atomic E-state index is 0.158. The Hall–Kier alpha value is -3.97. The van der Waals surface area contributed by atoms with E-state index in [1.54, 1.807) is 36.4 Å². The van der Waals surface area contributed by atoms with E-state index >= 15 is 0 Å². The monoisotopic (exact) mass is 460 g/mol. The molecule has 164 valence electrons. The van der Waals surface area contributed by atoms with E-state index in [9.17, 15) is 14.0 Å². The first kappa shape index (κ1) is 20.9. The molecular formula is C25H18ClFN4O2. The molecule has 6 nitrogen and oxygen atoms in total. The third-order valence-corrected chi connectivity index (χ3v) is 5.98. The molecule has 1 aliphatic carbocycles. The number of rotatable bonds is 4. The molecular weight excluding hydrogens is 443 g/mol. The molecule has 4 aromatic rings. The smallest absolute Gasteiger partial charge is 0.269 e. The van der Waals surface area contributed by atoms with Crippen molar-refractivity contribution in [3.05, 3.63) is 100.0 Å². The van der Waals surface area contributed by atoms with Gasteiger partial charge in [0.2, 0.25) is 0 Å². The molecule has 0 unspecified atom stereocenters. The van der Waals surface area contributed by atoms with Crippen LogP contribution >= 0.6 is 11.6 Å². The van der Waals surface area contributed by atoms with E-state index in [-0.39, 0.29) is 11.6 Å². The number of primary amides is 1. The van der Waals surface area contributed by atoms with Crippen LogP contribution in [0.15, 0.2) is 66.7 Å². The lowest BCUT2D eigenvalue weighted by Crippen LogP contribution is -2.15. The van der Waals surface area contributed by atoms with Gasteiger partial charge in [0.15, 0.2) is 5.69 Å². The minimum Gasteiger partial charge on any atom is -0.364 e. The number of carbonyl (C=O) groups excluding carboxylic acids is 2. The average Bonchev–Trinajstić information content (AvgIpc) is 3.20. The van der Waals surface area contributed by atoms with Crippen molar-refractivity contribution in [1.29, 1.82) is 0 Å². The first-order chi connectivity index (χ1) is 15.9. The fourth-order valence-electron chi connectivity index (χ4n) is 4.15. The molecule has 0 fully saturated rings. The predicted molar refractivity (Wildman–Crippen MR) is 124 cm³/mol. The maximum atomic E-state index is 14.0. The van der Waals surface area contributed by atoms with Crippen molar-refractivity contribution in [1.82, 2.24) is 9.78 Å².